The van der Waals surface area contributed by atoms with Crippen LogP contribution in [0.15, 0.2) is 60.7 Å². The van der Waals surface area contributed by atoms with E-state index >= 15 is 0 Å². The zero-order chi connectivity index (χ0) is 25.9. The summed E-state index contributed by atoms with van der Waals surface area (Å²) in [6.07, 6.45) is 5.07. The first kappa shape index (κ1) is 25.0. The van der Waals surface area contributed by atoms with E-state index in [0.29, 0.717) is 19.5 Å². The van der Waals surface area contributed by atoms with Crippen molar-refractivity contribution in [3.63, 3.8) is 0 Å². The Morgan fingerprint density at radius 2 is 1.78 bits per heavy atom. The first-order chi connectivity index (χ1) is 17.9. The van der Waals surface area contributed by atoms with Crippen molar-refractivity contribution >= 4 is 34.2 Å². The summed E-state index contributed by atoms with van der Waals surface area (Å²) in [5, 5.41) is 5.19. The minimum Gasteiger partial charge on any atom is -0.352 e. The summed E-state index contributed by atoms with van der Waals surface area (Å²) in [7, 11) is 0. The molecule has 37 heavy (non-hydrogen) atoms. The van der Waals surface area contributed by atoms with Crippen LogP contribution < -0.4 is 10.2 Å². The Balaban J connectivity index is 1.27. The number of hydrogen-bond donors (Lipinski definition) is 1. The fraction of sp³-hybridized carbons (Fsp3) is 0.387. The highest BCUT2D eigenvalue weighted by Gasteiger charge is 2.31. The Labute approximate surface area is 218 Å². The zero-order valence-electron chi connectivity index (χ0n) is 21.7. The average molecular weight is 498 g/mol. The summed E-state index contributed by atoms with van der Waals surface area (Å²) in [5.74, 6) is -0.178. The Kier molecular flexibility index (Phi) is 7.26. The molecule has 1 atom stereocenters. The zero-order valence-corrected chi connectivity index (χ0v) is 21.7. The van der Waals surface area contributed by atoms with Crippen LogP contribution in [-0.4, -0.2) is 41.2 Å². The lowest BCUT2D eigenvalue weighted by molar-refractivity contribution is -0.141. The molecule has 0 aromatic heterocycles. The van der Waals surface area contributed by atoms with E-state index in [9.17, 15) is 14.4 Å². The molecule has 5 rings (SSSR count). The van der Waals surface area contributed by atoms with E-state index in [1.807, 2.05) is 68.4 Å². The molecule has 1 fully saturated rings. The van der Waals surface area contributed by atoms with Crippen LogP contribution in [0.1, 0.15) is 66.9 Å². The molecule has 0 bridgehead atoms. The third kappa shape index (κ3) is 5.24. The van der Waals surface area contributed by atoms with Gasteiger partial charge in [-0.2, -0.15) is 0 Å². The number of hydrogen-bond acceptors (Lipinski definition) is 3. The first-order valence-electron chi connectivity index (χ1n) is 13.4. The highest BCUT2D eigenvalue weighted by atomic mass is 16.2. The minimum absolute atomic E-state index is 0.0137. The Morgan fingerprint density at radius 3 is 2.54 bits per heavy atom. The molecule has 1 aliphatic carbocycles. The predicted molar refractivity (Wildman–Crippen MR) is 146 cm³/mol. The number of anilines is 1. The van der Waals surface area contributed by atoms with E-state index in [1.54, 1.807) is 9.80 Å². The summed E-state index contributed by atoms with van der Waals surface area (Å²) >= 11 is 0. The van der Waals surface area contributed by atoms with Crippen molar-refractivity contribution in [2.75, 3.05) is 11.4 Å². The van der Waals surface area contributed by atoms with Gasteiger partial charge >= 0.3 is 0 Å². The van der Waals surface area contributed by atoms with E-state index in [-0.39, 0.29) is 30.2 Å². The topological polar surface area (TPSA) is 69.7 Å². The normalized spacial score (nSPS) is 15.8. The highest BCUT2D eigenvalue weighted by molar-refractivity contribution is 6.25. The van der Waals surface area contributed by atoms with Crippen LogP contribution in [0, 0.1) is 6.92 Å². The van der Waals surface area contributed by atoms with Gasteiger partial charge in [0.05, 0.1) is 5.69 Å². The maximum Gasteiger partial charge on any atom is 0.258 e. The molecule has 0 radical (unpaired) electrons. The molecular formula is C31H35N3O3. The van der Waals surface area contributed by atoms with Crippen molar-refractivity contribution in [1.29, 1.82) is 0 Å². The lowest BCUT2D eigenvalue weighted by Gasteiger charge is -2.30. The molecule has 192 valence electrons. The fourth-order valence-corrected chi connectivity index (χ4v) is 5.71. The molecule has 6 heteroatoms. The second-order valence-electron chi connectivity index (χ2n) is 10.4. The molecule has 3 aromatic carbocycles. The number of amides is 3. The smallest absolute Gasteiger partial charge is 0.258 e. The maximum atomic E-state index is 13.5. The van der Waals surface area contributed by atoms with Crippen LogP contribution in [0.25, 0.3) is 10.8 Å². The Hall–Kier alpha value is -3.67. The molecule has 0 unspecified atom stereocenters. The summed E-state index contributed by atoms with van der Waals surface area (Å²) in [6, 6.07) is 19.4. The quantitative estimate of drug-likeness (QED) is 0.432. The SMILES string of the molecule is Cc1cccc(CN(C(=O)CCCN2C(=O)c3cccc4cccc2c34)[C@@H](C)C(=O)NC2CCCC2)c1. The average Bonchev–Trinajstić information content (AvgIpc) is 3.50. The molecule has 1 heterocycles. The first-order valence-corrected chi connectivity index (χ1v) is 13.4. The van der Waals surface area contributed by atoms with Crippen LogP contribution in [0.5, 0.6) is 0 Å². The number of carbonyl (C=O) groups is 3. The molecule has 3 amide bonds. The van der Waals surface area contributed by atoms with Gasteiger partial charge < -0.3 is 15.1 Å². The van der Waals surface area contributed by atoms with Gasteiger partial charge in [-0.25, -0.2) is 0 Å². The molecule has 1 aliphatic heterocycles. The molecule has 2 aliphatic rings. The molecule has 3 aromatic rings. The molecule has 6 nitrogen and oxygen atoms in total. The number of nitrogens with one attached hydrogen (secondary N) is 1. The highest BCUT2D eigenvalue weighted by Crippen LogP contribution is 2.37. The minimum atomic E-state index is -0.569. The van der Waals surface area contributed by atoms with Gasteiger partial charge in [-0.1, -0.05) is 66.9 Å². The van der Waals surface area contributed by atoms with E-state index in [2.05, 4.69) is 11.4 Å². The van der Waals surface area contributed by atoms with Crippen LogP contribution in [-0.2, 0) is 16.1 Å². The molecular weight excluding hydrogens is 462 g/mol. The summed E-state index contributed by atoms with van der Waals surface area (Å²) in [5.41, 5.74) is 3.75. The maximum absolute atomic E-state index is 13.5. The summed E-state index contributed by atoms with van der Waals surface area (Å²) in [4.78, 5) is 43.2. The van der Waals surface area contributed by atoms with Crippen LogP contribution in [0.2, 0.25) is 0 Å². The fourth-order valence-electron chi connectivity index (χ4n) is 5.71. The lowest BCUT2D eigenvalue weighted by atomic mass is 10.1. The van der Waals surface area contributed by atoms with Crippen molar-refractivity contribution in [2.45, 2.75) is 71.0 Å². The van der Waals surface area contributed by atoms with Crippen molar-refractivity contribution < 1.29 is 14.4 Å². The van der Waals surface area contributed by atoms with Crippen molar-refractivity contribution in [1.82, 2.24) is 10.2 Å². The van der Waals surface area contributed by atoms with Crippen LogP contribution >= 0.6 is 0 Å². The predicted octanol–water partition coefficient (Wildman–Crippen LogP) is 5.36. The van der Waals surface area contributed by atoms with Gasteiger partial charge in [0.15, 0.2) is 0 Å². The number of rotatable bonds is 9. The standard InChI is InChI=1S/C31H35N3O3/c1-21-9-5-10-23(19-21)20-34(22(2)30(36)32-25-13-3-4-14-25)28(35)17-8-18-33-27-16-7-12-24-11-6-15-26(29(24)27)31(33)37/h5-7,9-12,15-16,19,22,25H,3-4,8,13-14,17-18,20H2,1-2H3,(H,32,36)/t22-/m0/s1. The van der Waals surface area contributed by atoms with E-state index < -0.39 is 6.04 Å². The van der Waals surface area contributed by atoms with Crippen molar-refractivity contribution in [3.8, 4) is 0 Å². The second kappa shape index (κ2) is 10.8. The molecule has 0 spiro atoms. The van der Waals surface area contributed by atoms with Gasteiger partial charge in [0.25, 0.3) is 5.91 Å². The molecule has 0 saturated heterocycles. The summed E-state index contributed by atoms with van der Waals surface area (Å²) in [6.45, 7) is 4.68. The third-order valence-corrected chi connectivity index (χ3v) is 7.73. The molecule has 1 N–H and O–H groups in total. The number of nitrogens with zero attached hydrogens (tertiary/aromatic N) is 2. The molecule has 1 saturated carbocycles. The van der Waals surface area contributed by atoms with Gasteiger partial charge in [-0.05, 0) is 56.2 Å². The number of carbonyl (C=O) groups excluding carboxylic acids is 3. The second-order valence-corrected chi connectivity index (χ2v) is 10.4. The van der Waals surface area contributed by atoms with Gasteiger partial charge in [0.1, 0.15) is 6.04 Å². The van der Waals surface area contributed by atoms with Crippen LogP contribution in [0.4, 0.5) is 5.69 Å². The monoisotopic (exact) mass is 497 g/mol. The summed E-state index contributed by atoms with van der Waals surface area (Å²) < 4.78 is 0. The Bertz CT molecular complexity index is 1320. The Morgan fingerprint density at radius 1 is 1.05 bits per heavy atom. The number of benzene rings is 3. The van der Waals surface area contributed by atoms with Gasteiger partial charge in [-0.15, -0.1) is 0 Å². The van der Waals surface area contributed by atoms with Crippen molar-refractivity contribution in [2.24, 2.45) is 0 Å². The number of aryl methyl sites for hydroxylation is 1. The lowest BCUT2D eigenvalue weighted by Crippen LogP contribution is -2.49. The van der Waals surface area contributed by atoms with E-state index in [0.717, 1.165) is 58.8 Å². The van der Waals surface area contributed by atoms with Crippen molar-refractivity contribution in [3.05, 3.63) is 77.4 Å². The van der Waals surface area contributed by atoms with Gasteiger partial charge in [-0.3, -0.25) is 14.4 Å². The van der Waals surface area contributed by atoms with Gasteiger partial charge in [0, 0.05) is 36.5 Å². The van der Waals surface area contributed by atoms with Crippen LogP contribution in [0.3, 0.4) is 0 Å². The van der Waals surface area contributed by atoms with E-state index in [4.69, 9.17) is 0 Å². The van der Waals surface area contributed by atoms with Gasteiger partial charge in [0.2, 0.25) is 11.8 Å². The van der Waals surface area contributed by atoms with E-state index in [1.165, 1.54) is 0 Å². The largest absolute Gasteiger partial charge is 0.352 e. The third-order valence-electron chi connectivity index (χ3n) is 7.73.